The Hall–Kier alpha value is -3.85. The van der Waals surface area contributed by atoms with E-state index in [4.69, 9.17) is 20.2 Å². The topological polar surface area (TPSA) is 122 Å². The number of aromatic nitrogens is 4. The van der Waals surface area contributed by atoms with E-state index in [2.05, 4.69) is 44.3 Å². The van der Waals surface area contributed by atoms with Crippen LogP contribution in [0.1, 0.15) is 54.1 Å². The van der Waals surface area contributed by atoms with Gasteiger partial charge in [0.2, 0.25) is 5.95 Å². The first kappa shape index (κ1) is 23.3. The highest BCUT2D eigenvalue weighted by Gasteiger charge is 2.51. The molecule has 4 N–H and O–H groups in total. The van der Waals surface area contributed by atoms with E-state index in [9.17, 15) is 4.79 Å². The minimum absolute atomic E-state index is 0.0511. The van der Waals surface area contributed by atoms with Crippen molar-refractivity contribution in [3.05, 3.63) is 75.2 Å². The van der Waals surface area contributed by atoms with Crippen LogP contribution in [0.3, 0.4) is 0 Å². The summed E-state index contributed by atoms with van der Waals surface area (Å²) in [5.74, 6) is 2.04. The van der Waals surface area contributed by atoms with Crippen molar-refractivity contribution < 1.29 is 9.47 Å². The zero-order valence-electron chi connectivity index (χ0n) is 21.7. The molecule has 1 aliphatic heterocycles. The van der Waals surface area contributed by atoms with Gasteiger partial charge < -0.3 is 20.1 Å². The van der Waals surface area contributed by atoms with Gasteiger partial charge in [0.1, 0.15) is 16.9 Å². The van der Waals surface area contributed by atoms with E-state index in [-0.39, 0.29) is 22.4 Å². The standard InChI is InChI=1S/C29H32N6O3/c1-37-18-7-8-20(21(15-18)38-2)29(9-10-29)24-22-25(34-33-24)31-27(32-26(22)36)35-13-11-28(12-14-35)16-17-5-3-4-6-19(17)23(28)30/h3-8,15,23H,9-14,16,30H2,1-2H3,(H2,31,32,33,34,36)/t23-/m1/s1. The molecule has 4 aromatic rings. The van der Waals surface area contributed by atoms with Crippen LogP contribution in [0.15, 0.2) is 47.3 Å². The smallest absolute Gasteiger partial charge is 0.263 e. The molecule has 1 saturated carbocycles. The maximum atomic E-state index is 13.5. The van der Waals surface area contributed by atoms with Gasteiger partial charge in [0.05, 0.1) is 19.9 Å². The summed E-state index contributed by atoms with van der Waals surface area (Å²) >= 11 is 0. The molecule has 7 rings (SSSR count). The molecule has 38 heavy (non-hydrogen) atoms. The van der Waals surface area contributed by atoms with Crippen molar-refractivity contribution in [1.82, 2.24) is 20.2 Å². The van der Waals surface area contributed by atoms with Crippen molar-refractivity contribution in [1.29, 1.82) is 0 Å². The molecular weight excluding hydrogens is 480 g/mol. The molecule has 2 aliphatic carbocycles. The van der Waals surface area contributed by atoms with Gasteiger partial charge in [-0.2, -0.15) is 10.1 Å². The van der Waals surface area contributed by atoms with E-state index >= 15 is 0 Å². The molecule has 0 bridgehead atoms. The number of nitrogens with zero attached hydrogens (tertiary/aromatic N) is 3. The second kappa shape index (κ2) is 8.33. The molecular formula is C29H32N6O3. The number of nitrogens with two attached hydrogens (primary N) is 1. The third kappa shape index (κ3) is 3.31. The molecule has 2 aromatic heterocycles. The Bertz CT molecular complexity index is 1600. The Balaban J connectivity index is 1.18. The van der Waals surface area contributed by atoms with Crippen LogP contribution in [0.5, 0.6) is 11.5 Å². The first-order chi connectivity index (χ1) is 18.5. The van der Waals surface area contributed by atoms with Crippen molar-refractivity contribution >= 4 is 17.0 Å². The maximum absolute atomic E-state index is 13.5. The van der Waals surface area contributed by atoms with Gasteiger partial charge in [0, 0.05) is 36.2 Å². The third-order valence-corrected chi connectivity index (χ3v) is 9.20. The molecule has 0 unspecified atom stereocenters. The van der Waals surface area contributed by atoms with Crippen LogP contribution in [0.2, 0.25) is 0 Å². The molecule has 2 fully saturated rings. The lowest BCUT2D eigenvalue weighted by atomic mass is 9.73. The molecule has 1 atom stereocenters. The highest BCUT2D eigenvalue weighted by atomic mass is 16.5. The number of H-pyrrole nitrogens is 2. The van der Waals surface area contributed by atoms with Crippen molar-refractivity contribution in [2.24, 2.45) is 11.1 Å². The average molecular weight is 513 g/mol. The summed E-state index contributed by atoms with van der Waals surface area (Å²) in [7, 11) is 3.28. The van der Waals surface area contributed by atoms with Gasteiger partial charge in [0.15, 0.2) is 5.65 Å². The largest absolute Gasteiger partial charge is 0.497 e. The van der Waals surface area contributed by atoms with Crippen LogP contribution >= 0.6 is 0 Å². The number of hydrogen-bond donors (Lipinski definition) is 3. The van der Waals surface area contributed by atoms with Crippen LogP contribution in [-0.2, 0) is 11.8 Å². The maximum Gasteiger partial charge on any atom is 0.263 e. The van der Waals surface area contributed by atoms with Crippen molar-refractivity contribution in [3.8, 4) is 11.5 Å². The molecule has 1 saturated heterocycles. The summed E-state index contributed by atoms with van der Waals surface area (Å²) in [4.78, 5) is 23.5. The Labute approximate surface area is 220 Å². The summed E-state index contributed by atoms with van der Waals surface area (Å²) in [6.07, 6.45) is 4.70. The number of anilines is 1. The summed E-state index contributed by atoms with van der Waals surface area (Å²) in [5.41, 5.74) is 11.2. The number of nitrogens with one attached hydrogen (secondary N) is 2. The predicted octanol–water partition coefficient (Wildman–Crippen LogP) is 3.59. The number of fused-ring (bicyclic) bond motifs is 2. The molecule has 9 nitrogen and oxygen atoms in total. The predicted molar refractivity (Wildman–Crippen MR) is 145 cm³/mol. The normalized spacial score (nSPS) is 21.0. The van der Waals surface area contributed by atoms with Crippen molar-refractivity contribution in [2.45, 2.75) is 43.6 Å². The first-order valence-electron chi connectivity index (χ1n) is 13.3. The molecule has 0 amide bonds. The highest BCUT2D eigenvalue weighted by molar-refractivity contribution is 5.81. The van der Waals surface area contributed by atoms with Gasteiger partial charge >= 0.3 is 0 Å². The highest BCUT2D eigenvalue weighted by Crippen LogP contribution is 2.57. The zero-order valence-corrected chi connectivity index (χ0v) is 21.7. The lowest BCUT2D eigenvalue weighted by Crippen LogP contribution is -2.45. The lowest BCUT2D eigenvalue weighted by Gasteiger charge is -2.42. The second-order valence-corrected chi connectivity index (χ2v) is 11.0. The van der Waals surface area contributed by atoms with Gasteiger partial charge in [-0.1, -0.05) is 30.3 Å². The van der Waals surface area contributed by atoms with E-state index in [1.54, 1.807) is 14.2 Å². The Morgan fingerprint density at radius 2 is 1.84 bits per heavy atom. The van der Waals surface area contributed by atoms with Crippen LogP contribution in [0.25, 0.3) is 11.0 Å². The molecule has 0 radical (unpaired) electrons. The molecule has 3 heterocycles. The Morgan fingerprint density at radius 3 is 2.55 bits per heavy atom. The summed E-state index contributed by atoms with van der Waals surface area (Å²) in [6, 6.07) is 14.4. The lowest BCUT2D eigenvalue weighted by molar-refractivity contribution is 0.187. The van der Waals surface area contributed by atoms with Gasteiger partial charge in [-0.15, -0.1) is 0 Å². The van der Waals surface area contributed by atoms with Crippen LogP contribution in [-0.4, -0.2) is 47.5 Å². The second-order valence-electron chi connectivity index (χ2n) is 11.0. The quantitative estimate of drug-likeness (QED) is 0.374. The number of ether oxygens (including phenoxy) is 2. The van der Waals surface area contributed by atoms with Gasteiger partial charge in [0.25, 0.3) is 5.56 Å². The van der Waals surface area contributed by atoms with E-state index in [0.29, 0.717) is 17.0 Å². The molecule has 2 aromatic carbocycles. The van der Waals surface area contributed by atoms with Crippen LogP contribution in [0.4, 0.5) is 5.95 Å². The number of rotatable bonds is 5. The fraction of sp³-hybridized carbons (Fsp3) is 0.414. The number of methoxy groups -OCH3 is 2. The van der Waals surface area contributed by atoms with Crippen LogP contribution < -0.4 is 25.7 Å². The number of aromatic amines is 2. The summed E-state index contributed by atoms with van der Waals surface area (Å²) < 4.78 is 11.1. The van der Waals surface area contributed by atoms with E-state index in [1.165, 1.54) is 11.1 Å². The Kier molecular flexibility index (Phi) is 5.10. The van der Waals surface area contributed by atoms with Gasteiger partial charge in [-0.25, -0.2) is 0 Å². The zero-order chi connectivity index (χ0) is 26.1. The average Bonchev–Trinajstić information content (AvgIpc) is 3.55. The van der Waals surface area contributed by atoms with E-state index in [0.717, 1.165) is 68.0 Å². The minimum atomic E-state index is -0.378. The summed E-state index contributed by atoms with van der Waals surface area (Å²) in [6.45, 7) is 1.59. The SMILES string of the molecule is COc1ccc(C2(c3n[nH]c4nc(N5CCC6(CC5)Cc5ccccc5[C@H]6N)[nH]c(=O)c34)CC2)c(OC)c1. The molecule has 9 heteroatoms. The molecule has 1 spiro atoms. The fourth-order valence-corrected chi connectivity index (χ4v) is 6.84. The van der Waals surface area contributed by atoms with Gasteiger partial charge in [-0.3, -0.25) is 14.9 Å². The Morgan fingerprint density at radius 1 is 1.05 bits per heavy atom. The summed E-state index contributed by atoms with van der Waals surface area (Å²) in [5, 5.41) is 8.21. The van der Waals surface area contributed by atoms with E-state index < -0.39 is 0 Å². The first-order valence-corrected chi connectivity index (χ1v) is 13.3. The van der Waals surface area contributed by atoms with Crippen molar-refractivity contribution in [2.75, 3.05) is 32.2 Å². The van der Waals surface area contributed by atoms with E-state index in [1.807, 2.05) is 18.2 Å². The monoisotopic (exact) mass is 512 g/mol. The van der Waals surface area contributed by atoms with Crippen LogP contribution in [0, 0.1) is 5.41 Å². The van der Waals surface area contributed by atoms with Gasteiger partial charge in [-0.05, 0) is 54.7 Å². The number of hydrogen-bond acceptors (Lipinski definition) is 7. The fourth-order valence-electron chi connectivity index (χ4n) is 6.84. The number of piperidine rings is 1. The van der Waals surface area contributed by atoms with Crippen molar-refractivity contribution in [3.63, 3.8) is 0 Å². The molecule has 3 aliphatic rings. The number of benzene rings is 2. The molecule has 196 valence electrons. The minimum Gasteiger partial charge on any atom is -0.497 e. The third-order valence-electron chi connectivity index (χ3n) is 9.20.